The first-order valence-corrected chi connectivity index (χ1v) is 5.18. The van der Waals surface area contributed by atoms with Gasteiger partial charge in [0.2, 0.25) is 0 Å². The summed E-state index contributed by atoms with van der Waals surface area (Å²) in [6, 6.07) is 1.56. The van der Waals surface area contributed by atoms with E-state index < -0.39 is 5.97 Å². The van der Waals surface area contributed by atoms with E-state index in [4.69, 9.17) is 5.11 Å². The minimum Gasteiger partial charge on any atom is -0.478 e. The van der Waals surface area contributed by atoms with Crippen LogP contribution in [0.4, 0.5) is 0 Å². The van der Waals surface area contributed by atoms with Gasteiger partial charge in [-0.15, -0.1) is 0 Å². The second-order valence-electron chi connectivity index (χ2n) is 3.36. The summed E-state index contributed by atoms with van der Waals surface area (Å²) in [5.74, 6) is -0.941. The lowest BCUT2D eigenvalue weighted by Gasteiger charge is -2.01. The molecule has 0 radical (unpaired) electrons. The molecule has 2 aromatic heterocycles. The van der Waals surface area contributed by atoms with Crippen LogP contribution in [0.1, 0.15) is 21.7 Å². The zero-order chi connectivity index (χ0) is 11.2. The van der Waals surface area contributed by atoms with Crippen molar-refractivity contribution in [1.82, 2.24) is 9.38 Å². The van der Waals surface area contributed by atoms with Crippen molar-refractivity contribution >= 4 is 27.5 Å². The van der Waals surface area contributed by atoms with E-state index in [1.807, 2.05) is 13.8 Å². The molecule has 0 bridgehead atoms. The molecule has 0 saturated carbocycles. The molecule has 2 rings (SSSR count). The van der Waals surface area contributed by atoms with Crippen LogP contribution >= 0.6 is 15.9 Å². The first-order chi connectivity index (χ1) is 7.00. The van der Waals surface area contributed by atoms with Crippen LogP contribution in [0, 0.1) is 13.8 Å². The summed E-state index contributed by atoms with van der Waals surface area (Å²) in [7, 11) is 0. The van der Waals surface area contributed by atoms with E-state index in [2.05, 4.69) is 20.9 Å². The highest BCUT2D eigenvalue weighted by molar-refractivity contribution is 9.10. The van der Waals surface area contributed by atoms with Gasteiger partial charge in [0.05, 0.1) is 15.7 Å². The van der Waals surface area contributed by atoms with Gasteiger partial charge in [0.1, 0.15) is 0 Å². The SMILES string of the molecule is Cc1nc2c(Br)cc(C(=O)O)cn2c1C. The predicted molar refractivity (Wildman–Crippen MR) is 59.3 cm³/mol. The number of hydrogen-bond acceptors (Lipinski definition) is 2. The molecule has 0 aliphatic carbocycles. The molecule has 0 aromatic carbocycles. The van der Waals surface area contributed by atoms with E-state index in [1.54, 1.807) is 16.7 Å². The summed E-state index contributed by atoms with van der Waals surface area (Å²) in [6.45, 7) is 3.81. The number of imidazole rings is 1. The lowest BCUT2D eigenvalue weighted by atomic mass is 10.3. The lowest BCUT2D eigenvalue weighted by Crippen LogP contribution is -2.00. The summed E-state index contributed by atoms with van der Waals surface area (Å²) in [5.41, 5.74) is 2.84. The van der Waals surface area contributed by atoms with Crippen molar-refractivity contribution in [2.45, 2.75) is 13.8 Å². The number of aromatic carboxylic acids is 1. The monoisotopic (exact) mass is 268 g/mol. The van der Waals surface area contributed by atoms with Crippen molar-refractivity contribution in [1.29, 1.82) is 0 Å². The molecule has 0 aliphatic rings. The van der Waals surface area contributed by atoms with Gasteiger partial charge in [-0.2, -0.15) is 0 Å². The second-order valence-corrected chi connectivity index (χ2v) is 4.21. The number of fused-ring (bicyclic) bond motifs is 1. The van der Waals surface area contributed by atoms with E-state index in [9.17, 15) is 4.79 Å². The van der Waals surface area contributed by atoms with Crippen molar-refractivity contribution < 1.29 is 9.90 Å². The maximum absolute atomic E-state index is 10.9. The van der Waals surface area contributed by atoms with E-state index in [0.717, 1.165) is 17.0 Å². The van der Waals surface area contributed by atoms with Crippen molar-refractivity contribution in [3.63, 3.8) is 0 Å². The zero-order valence-electron chi connectivity index (χ0n) is 8.28. The highest BCUT2D eigenvalue weighted by Crippen LogP contribution is 2.21. The topological polar surface area (TPSA) is 54.6 Å². The molecule has 2 heterocycles. The molecule has 78 valence electrons. The number of carbonyl (C=O) groups is 1. The quantitative estimate of drug-likeness (QED) is 0.864. The summed E-state index contributed by atoms with van der Waals surface area (Å²) in [5, 5.41) is 8.91. The normalized spacial score (nSPS) is 10.9. The highest BCUT2D eigenvalue weighted by atomic mass is 79.9. The highest BCUT2D eigenvalue weighted by Gasteiger charge is 2.11. The van der Waals surface area contributed by atoms with E-state index >= 15 is 0 Å². The van der Waals surface area contributed by atoms with Crippen molar-refractivity contribution in [2.75, 3.05) is 0 Å². The summed E-state index contributed by atoms with van der Waals surface area (Å²) in [4.78, 5) is 15.2. The van der Waals surface area contributed by atoms with Crippen LogP contribution in [-0.4, -0.2) is 20.5 Å². The van der Waals surface area contributed by atoms with Crippen molar-refractivity contribution in [3.8, 4) is 0 Å². The second kappa shape index (κ2) is 3.34. The Kier molecular flexibility index (Phi) is 2.26. The molecule has 15 heavy (non-hydrogen) atoms. The van der Waals surface area contributed by atoms with Gasteiger partial charge in [0, 0.05) is 11.9 Å². The lowest BCUT2D eigenvalue weighted by molar-refractivity contribution is 0.0696. The number of carboxylic acids is 1. The van der Waals surface area contributed by atoms with E-state index in [-0.39, 0.29) is 5.56 Å². The molecule has 2 aromatic rings. The molecule has 0 aliphatic heterocycles. The van der Waals surface area contributed by atoms with Gasteiger partial charge in [-0.25, -0.2) is 9.78 Å². The third kappa shape index (κ3) is 1.52. The number of carboxylic acid groups (broad SMARTS) is 1. The van der Waals surface area contributed by atoms with Crippen LogP contribution in [0.15, 0.2) is 16.7 Å². The minimum absolute atomic E-state index is 0.245. The Balaban J connectivity index is 2.85. The smallest absolute Gasteiger partial charge is 0.337 e. The Morgan fingerprint density at radius 3 is 2.80 bits per heavy atom. The number of nitrogens with zero attached hydrogens (tertiary/aromatic N) is 2. The Labute approximate surface area is 94.7 Å². The maximum Gasteiger partial charge on any atom is 0.337 e. The van der Waals surface area contributed by atoms with Gasteiger partial charge < -0.3 is 9.51 Å². The Bertz CT molecular complexity index is 560. The molecular weight excluding hydrogens is 260 g/mol. The Hall–Kier alpha value is -1.36. The van der Waals surface area contributed by atoms with Gasteiger partial charge in [-0.05, 0) is 35.8 Å². The number of hydrogen-bond donors (Lipinski definition) is 1. The zero-order valence-corrected chi connectivity index (χ0v) is 9.87. The average molecular weight is 269 g/mol. The number of aromatic nitrogens is 2. The van der Waals surface area contributed by atoms with Crippen LogP contribution in [0.3, 0.4) is 0 Å². The van der Waals surface area contributed by atoms with Gasteiger partial charge in [0.15, 0.2) is 5.65 Å². The average Bonchev–Trinajstić information content (AvgIpc) is 2.45. The molecule has 1 N–H and O–H groups in total. The molecule has 0 atom stereocenters. The van der Waals surface area contributed by atoms with Gasteiger partial charge in [-0.1, -0.05) is 0 Å². The molecule has 4 nitrogen and oxygen atoms in total. The third-order valence-electron chi connectivity index (χ3n) is 2.40. The minimum atomic E-state index is -0.941. The fourth-order valence-electron chi connectivity index (χ4n) is 1.45. The molecule has 0 fully saturated rings. The third-order valence-corrected chi connectivity index (χ3v) is 2.98. The molecule has 0 unspecified atom stereocenters. The maximum atomic E-state index is 10.9. The Morgan fingerprint density at radius 1 is 1.53 bits per heavy atom. The fourth-order valence-corrected chi connectivity index (χ4v) is 1.97. The molecule has 0 spiro atoms. The largest absolute Gasteiger partial charge is 0.478 e. The standard InChI is InChI=1S/C10H9BrN2O2/c1-5-6(2)13-4-7(10(14)15)3-8(11)9(13)12-5/h3-4H,1-2H3,(H,14,15). The van der Waals surface area contributed by atoms with Gasteiger partial charge in [-0.3, -0.25) is 0 Å². The number of aryl methyl sites for hydroxylation is 2. The number of pyridine rings is 1. The number of rotatable bonds is 1. The predicted octanol–water partition coefficient (Wildman–Crippen LogP) is 2.41. The van der Waals surface area contributed by atoms with Crippen molar-refractivity contribution in [2.24, 2.45) is 0 Å². The van der Waals surface area contributed by atoms with Crippen LogP contribution in [0.5, 0.6) is 0 Å². The summed E-state index contributed by atoms with van der Waals surface area (Å²) >= 11 is 3.32. The van der Waals surface area contributed by atoms with Crippen LogP contribution < -0.4 is 0 Å². The fraction of sp³-hybridized carbons (Fsp3) is 0.200. The van der Waals surface area contributed by atoms with Crippen LogP contribution in [0.25, 0.3) is 5.65 Å². The van der Waals surface area contributed by atoms with Crippen LogP contribution in [-0.2, 0) is 0 Å². The molecule has 5 heteroatoms. The summed E-state index contributed by atoms with van der Waals surface area (Å²) < 4.78 is 2.47. The summed E-state index contributed by atoms with van der Waals surface area (Å²) in [6.07, 6.45) is 1.58. The molecular formula is C10H9BrN2O2. The first-order valence-electron chi connectivity index (χ1n) is 4.39. The van der Waals surface area contributed by atoms with E-state index in [1.165, 1.54) is 0 Å². The molecule has 0 amide bonds. The van der Waals surface area contributed by atoms with Gasteiger partial charge in [0.25, 0.3) is 0 Å². The Morgan fingerprint density at radius 2 is 2.20 bits per heavy atom. The number of halogens is 1. The van der Waals surface area contributed by atoms with E-state index in [0.29, 0.717) is 4.47 Å². The first kappa shape index (κ1) is 10.2. The molecule has 0 saturated heterocycles. The van der Waals surface area contributed by atoms with Gasteiger partial charge >= 0.3 is 5.97 Å². The van der Waals surface area contributed by atoms with Crippen molar-refractivity contribution in [3.05, 3.63) is 33.7 Å². The van der Waals surface area contributed by atoms with Crippen LogP contribution in [0.2, 0.25) is 0 Å².